The topological polar surface area (TPSA) is 59.6 Å². The lowest BCUT2D eigenvalue weighted by atomic mass is 10.1. The predicted molar refractivity (Wildman–Crippen MR) is 84.3 cm³/mol. The van der Waals surface area contributed by atoms with E-state index in [4.69, 9.17) is 9.47 Å². The van der Waals surface area contributed by atoms with Crippen LogP contribution in [-0.4, -0.2) is 25.4 Å². The number of hydrogen-bond acceptors (Lipinski definition) is 3. The van der Waals surface area contributed by atoms with Crippen LogP contribution in [0.4, 0.5) is 4.79 Å². The normalized spacial score (nSPS) is 17.8. The van der Waals surface area contributed by atoms with Crippen molar-refractivity contribution in [1.82, 2.24) is 10.6 Å². The van der Waals surface area contributed by atoms with Gasteiger partial charge in [0.05, 0.1) is 0 Å². The Morgan fingerprint density at radius 3 is 2.68 bits per heavy atom. The number of hydrogen-bond donors (Lipinski definition) is 2. The molecular weight excluding hydrogens is 280 g/mol. The van der Waals surface area contributed by atoms with Crippen molar-refractivity contribution in [3.63, 3.8) is 0 Å². The molecule has 2 N–H and O–H groups in total. The first-order valence-corrected chi connectivity index (χ1v) is 8.24. The van der Waals surface area contributed by atoms with Crippen LogP contribution >= 0.6 is 0 Å². The van der Waals surface area contributed by atoms with Crippen LogP contribution in [0.5, 0.6) is 11.5 Å². The van der Waals surface area contributed by atoms with Gasteiger partial charge >= 0.3 is 6.03 Å². The van der Waals surface area contributed by atoms with Gasteiger partial charge in [0.15, 0.2) is 11.5 Å². The van der Waals surface area contributed by atoms with Gasteiger partial charge in [0, 0.05) is 12.6 Å². The van der Waals surface area contributed by atoms with Crippen molar-refractivity contribution in [3.8, 4) is 11.5 Å². The van der Waals surface area contributed by atoms with E-state index < -0.39 is 0 Å². The molecular formula is C17H24N2O3. The maximum absolute atomic E-state index is 11.9. The minimum Gasteiger partial charge on any atom is -0.454 e. The molecule has 0 saturated heterocycles. The molecule has 0 radical (unpaired) electrons. The Morgan fingerprint density at radius 2 is 1.86 bits per heavy atom. The average molecular weight is 304 g/mol. The number of nitrogens with one attached hydrogen (secondary N) is 2. The van der Waals surface area contributed by atoms with Gasteiger partial charge in [-0.05, 0) is 37.0 Å². The van der Waals surface area contributed by atoms with E-state index in [0.717, 1.165) is 36.3 Å². The van der Waals surface area contributed by atoms with Crippen molar-refractivity contribution in [2.75, 3.05) is 13.3 Å². The zero-order valence-corrected chi connectivity index (χ0v) is 12.9. The van der Waals surface area contributed by atoms with E-state index in [1.54, 1.807) is 0 Å². The number of rotatable bonds is 4. The van der Waals surface area contributed by atoms with Crippen LogP contribution in [0.2, 0.25) is 0 Å². The van der Waals surface area contributed by atoms with E-state index in [9.17, 15) is 4.79 Å². The van der Waals surface area contributed by atoms with Gasteiger partial charge in [-0.25, -0.2) is 4.79 Å². The third-order valence-electron chi connectivity index (χ3n) is 4.33. The molecule has 0 atom stereocenters. The molecule has 2 aliphatic rings. The maximum atomic E-state index is 11.9. The van der Waals surface area contributed by atoms with E-state index in [1.807, 2.05) is 18.2 Å². The van der Waals surface area contributed by atoms with Gasteiger partial charge in [-0.1, -0.05) is 31.7 Å². The Hall–Kier alpha value is -1.91. The Kier molecular flexibility index (Phi) is 5.03. The molecule has 3 rings (SSSR count). The van der Waals surface area contributed by atoms with Gasteiger partial charge in [-0.3, -0.25) is 0 Å². The van der Waals surface area contributed by atoms with Crippen LogP contribution in [0.15, 0.2) is 18.2 Å². The second kappa shape index (κ2) is 7.38. The minimum absolute atomic E-state index is 0.0485. The summed E-state index contributed by atoms with van der Waals surface area (Å²) >= 11 is 0. The molecule has 22 heavy (non-hydrogen) atoms. The standard InChI is InChI=1S/C17H24N2O3/c20-17(19-14-5-3-1-2-4-6-14)18-10-9-13-7-8-15-16(11-13)22-12-21-15/h7-8,11,14H,1-6,9-10,12H2,(H2,18,19,20). The summed E-state index contributed by atoms with van der Waals surface area (Å²) in [4.78, 5) is 11.9. The summed E-state index contributed by atoms with van der Waals surface area (Å²) in [5, 5.41) is 6.04. The zero-order chi connectivity index (χ0) is 15.2. The highest BCUT2D eigenvalue weighted by Gasteiger charge is 2.15. The molecule has 5 nitrogen and oxygen atoms in total. The summed E-state index contributed by atoms with van der Waals surface area (Å²) in [6.45, 7) is 0.916. The van der Waals surface area contributed by atoms with Gasteiger partial charge in [0.2, 0.25) is 6.79 Å². The lowest BCUT2D eigenvalue weighted by molar-refractivity contribution is 0.174. The third kappa shape index (κ3) is 4.06. The van der Waals surface area contributed by atoms with Gasteiger partial charge in [0.1, 0.15) is 0 Å². The first kappa shape index (κ1) is 15.0. The number of fused-ring (bicyclic) bond motifs is 1. The molecule has 2 amide bonds. The third-order valence-corrected chi connectivity index (χ3v) is 4.33. The molecule has 0 aromatic heterocycles. The Balaban J connectivity index is 1.39. The largest absolute Gasteiger partial charge is 0.454 e. The minimum atomic E-state index is -0.0485. The van der Waals surface area contributed by atoms with Gasteiger partial charge in [-0.15, -0.1) is 0 Å². The van der Waals surface area contributed by atoms with E-state index in [0.29, 0.717) is 19.4 Å². The number of carbonyl (C=O) groups excluding carboxylic acids is 1. The Labute approximate surface area is 131 Å². The van der Waals surface area contributed by atoms with Crippen LogP contribution in [0.3, 0.4) is 0 Å². The summed E-state index contributed by atoms with van der Waals surface area (Å²) in [5.74, 6) is 1.59. The van der Waals surface area contributed by atoms with Crippen LogP contribution in [0.1, 0.15) is 44.1 Å². The smallest absolute Gasteiger partial charge is 0.315 e. The molecule has 1 aliphatic heterocycles. The highest BCUT2D eigenvalue weighted by molar-refractivity contribution is 5.74. The van der Waals surface area contributed by atoms with Crippen molar-refractivity contribution in [2.45, 2.75) is 51.0 Å². The number of benzene rings is 1. The van der Waals surface area contributed by atoms with Crippen molar-refractivity contribution >= 4 is 6.03 Å². The molecule has 0 bridgehead atoms. The van der Waals surface area contributed by atoms with Crippen molar-refractivity contribution in [2.24, 2.45) is 0 Å². The van der Waals surface area contributed by atoms with E-state index in [1.165, 1.54) is 25.7 Å². The summed E-state index contributed by atoms with van der Waals surface area (Å²) in [6.07, 6.45) is 8.04. The zero-order valence-electron chi connectivity index (χ0n) is 12.9. The highest BCUT2D eigenvalue weighted by Crippen LogP contribution is 2.32. The van der Waals surface area contributed by atoms with E-state index in [2.05, 4.69) is 10.6 Å². The molecule has 1 fully saturated rings. The molecule has 0 unspecified atom stereocenters. The van der Waals surface area contributed by atoms with E-state index in [-0.39, 0.29) is 6.03 Å². The molecule has 1 aliphatic carbocycles. The summed E-state index contributed by atoms with van der Waals surface area (Å²) in [7, 11) is 0. The lowest BCUT2D eigenvalue weighted by Gasteiger charge is -2.16. The van der Waals surface area contributed by atoms with Crippen LogP contribution in [0, 0.1) is 0 Å². The van der Waals surface area contributed by atoms with Gasteiger partial charge in [0.25, 0.3) is 0 Å². The molecule has 1 saturated carbocycles. The highest BCUT2D eigenvalue weighted by atomic mass is 16.7. The van der Waals surface area contributed by atoms with Crippen molar-refractivity contribution in [1.29, 1.82) is 0 Å². The van der Waals surface area contributed by atoms with Crippen LogP contribution < -0.4 is 20.1 Å². The van der Waals surface area contributed by atoms with Gasteiger partial charge < -0.3 is 20.1 Å². The van der Waals surface area contributed by atoms with E-state index >= 15 is 0 Å². The number of carbonyl (C=O) groups is 1. The van der Waals surface area contributed by atoms with Crippen LogP contribution in [-0.2, 0) is 6.42 Å². The summed E-state index contributed by atoms with van der Waals surface area (Å²) < 4.78 is 10.6. The van der Waals surface area contributed by atoms with Crippen molar-refractivity contribution < 1.29 is 14.3 Å². The summed E-state index contributed by atoms with van der Waals surface area (Å²) in [5.41, 5.74) is 1.14. The maximum Gasteiger partial charge on any atom is 0.315 e. The monoisotopic (exact) mass is 304 g/mol. The molecule has 120 valence electrons. The molecule has 5 heteroatoms. The fourth-order valence-electron chi connectivity index (χ4n) is 3.08. The Morgan fingerprint density at radius 1 is 1.09 bits per heavy atom. The second-order valence-corrected chi connectivity index (χ2v) is 6.03. The lowest BCUT2D eigenvalue weighted by Crippen LogP contribution is -2.42. The Bertz CT molecular complexity index is 511. The molecule has 0 spiro atoms. The molecule has 1 aromatic carbocycles. The first-order chi connectivity index (χ1) is 10.8. The number of amides is 2. The molecule has 1 aromatic rings. The first-order valence-electron chi connectivity index (χ1n) is 8.24. The molecule has 1 heterocycles. The second-order valence-electron chi connectivity index (χ2n) is 6.03. The fraction of sp³-hybridized carbons (Fsp3) is 0.588. The average Bonchev–Trinajstić information content (AvgIpc) is 2.83. The number of ether oxygens (including phenoxy) is 2. The summed E-state index contributed by atoms with van der Waals surface area (Å²) in [6, 6.07) is 6.20. The number of urea groups is 1. The quantitative estimate of drug-likeness (QED) is 0.841. The van der Waals surface area contributed by atoms with Gasteiger partial charge in [-0.2, -0.15) is 0 Å². The van der Waals surface area contributed by atoms with Crippen molar-refractivity contribution in [3.05, 3.63) is 23.8 Å². The predicted octanol–water partition coefficient (Wildman–Crippen LogP) is 2.98. The SMILES string of the molecule is O=C(NCCc1ccc2c(c1)OCO2)NC1CCCCCC1. The van der Waals surface area contributed by atoms with Crippen LogP contribution in [0.25, 0.3) is 0 Å². The fourth-order valence-corrected chi connectivity index (χ4v) is 3.08.